The summed E-state index contributed by atoms with van der Waals surface area (Å²) in [4.78, 5) is 22.9. The Morgan fingerprint density at radius 1 is 1.40 bits per heavy atom. The molecule has 4 nitrogen and oxygen atoms in total. The van der Waals surface area contributed by atoms with Crippen molar-refractivity contribution in [1.29, 1.82) is 0 Å². The van der Waals surface area contributed by atoms with Crippen LogP contribution in [0.15, 0.2) is 23.1 Å². The molecular weight excluding hydrogens is 254 g/mol. The number of carboxylic acid groups (broad SMARTS) is 1. The number of hydrogen-bond donors (Lipinski definition) is 1. The van der Waals surface area contributed by atoms with Crippen molar-refractivity contribution in [2.75, 3.05) is 0 Å². The van der Waals surface area contributed by atoms with Crippen LogP contribution in [0.5, 0.6) is 0 Å². The molecule has 0 amide bonds. The molecule has 1 unspecified atom stereocenters. The summed E-state index contributed by atoms with van der Waals surface area (Å²) < 4.78 is 1.58. The number of carboxylic acids is 1. The Balaban J connectivity index is 2.02. The zero-order valence-electron chi connectivity index (χ0n) is 12.2. The van der Waals surface area contributed by atoms with Crippen molar-refractivity contribution in [2.24, 2.45) is 18.9 Å². The third-order valence-corrected chi connectivity index (χ3v) is 4.70. The zero-order valence-corrected chi connectivity index (χ0v) is 12.2. The van der Waals surface area contributed by atoms with E-state index in [1.807, 2.05) is 19.2 Å². The highest BCUT2D eigenvalue weighted by Gasteiger charge is 2.31. The molecule has 0 radical (unpaired) electrons. The molecule has 1 atom stereocenters. The van der Waals surface area contributed by atoms with E-state index in [0.29, 0.717) is 18.3 Å². The van der Waals surface area contributed by atoms with E-state index in [0.717, 1.165) is 31.2 Å². The van der Waals surface area contributed by atoms with E-state index in [1.54, 1.807) is 17.7 Å². The van der Waals surface area contributed by atoms with Gasteiger partial charge in [0.15, 0.2) is 0 Å². The highest BCUT2D eigenvalue weighted by molar-refractivity contribution is 5.70. The predicted octanol–water partition coefficient (Wildman–Crippen LogP) is 2.77. The van der Waals surface area contributed by atoms with Crippen LogP contribution in [0.25, 0.3) is 0 Å². The average molecular weight is 277 g/mol. The molecule has 4 heteroatoms. The number of carbonyl (C=O) groups is 1. The SMILES string of the molecule is CCC(C(=O)O)C1CCC(c2ccn(C)c(=O)c2)CC1. The molecule has 0 bridgehead atoms. The summed E-state index contributed by atoms with van der Waals surface area (Å²) in [6.45, 7) is 1.95. The molecule has 0 saturated heterocycles. The number of aliphatic carboxylic acids is 1. The van der Waals surface area contributed by atoms with Crippen molar-refractivity contribution in [3.05, 3.63) is 34.2 Å². The molecule has 0 aromatic carbocycles. The molecule has 1 aliphatic carbocycles. The molecule has 110 valence electrons. The number of aromatic nitrogens is 1. The van der Waals surface area contributed by atoms with E-state index < -0.39 is 5.97 Å². The minimum absolute atomic E-state index is 0.0293. The predicted molar refractivity (Wildman–Crippen MR) is 77.8 cm³/mol. The maximum Gasteiger partial charge on any atom is 0.306 e. The van der Waals surface area contributed by atoms with Gasteiger partial charge in [0.25, 0.3) is 5.56 Å². The number of hydrogen-bond acceptors (Lipinski definition) is 2. The van der Waals surface area contributed by atoms with E-state index in [2.05, 4.69) is 0 Å². The maximum absolute atomic E-state index is 11.7. The van der Waals surface area contributed by atoms with Crippen LogP contribution < -0.4 is 5.56 Å². The van der Waals surface area contributed by atoms with E-state index in [4.69, 9.17) is 0 Å². The van der Waals surface area contributed by atoms with Gasteiger partial charge >= 0.3 is 5.97 Å². The van der Waals surface area contributed by atoms with Crippen LogP contribution in [0.4, 0.5) is 0 Å². The van der Waals surface area contributed by atoms with Crippen molar-refractivity contribution < 1.29 is 9.90 Å². The molecule has 2 rings (SSSR count). The quantitative estimate of drug-likeness (QED) is 0.920. The van der Waals surface area contributed by atoms with Crippen LogP contribution >= 0.6 is 0 Å². The summed E-state index contributed by atoms with van der Waals surface area (Å²) in [5.74, 6) is -0.170. The monoisotopic (exact) mass is 277 g/mol. The third-order valence-electron chi connectivity index (χ3n) is 4.70. The van der Waals surface area contributed by atoms with Crippen molar-refractivity contribution in [3.63, 3.8) is 0 Å². The molecule has 1 aliphatic rings. The van der Waals surface area contributed by atoms with E-state index in [-0.39, 0.29) is 11.5 Å². The molecule has 1 aromatic rings. The summed E-state index contributed by atoms with van der Waals surface area (Å²) in [5, 5.41) is 9.23. The molecule has 20 heavy (non-hydrogen) atoms. The Morgan fingerprint density at radius 2 is 2.05 bits per heavy atom. The Kier molecular flexibility index (Phi) is 4.63. The molecule has 0 spiro atoms. The highest BCUT2D eigenvalue weighted by atomic mass is 16.4. The number of rotatable bonds is 4. The summed E-state index contributed by atoms with van der Waals surface area (Å²) in [6.07, 6.45) is 6.39. The first-order valence-electron chi connectivity index (χ1n) is 7.42. The van der Waals surface area contributed by atoms with Gasteiger partial charge in [-0.3, -0.25) is 9.59 Å². The number of aryl methyl sites for hydroxylation is 1. The maximum atomic E-state index is 11.7. The topological polar surface area (TPSA) is 59.3 Å². The lowest BCUT2D eigenvalue weighted by Crippen LogP contribution is -2.27. The molecule has 1 heterocycles. The Hall–Kier alpha value is -1.58. The van der Waals surface area contributed by atoms with Gasteiger partial charge in [0.2, 0.25) is 0 Å². The summed E-state index contributed by atoms with van der Waals surface area (Å²) in [5.41, 5.74) is 1.14. The first-order valence-corrected chi connectivity index (χ1v) is 7.42. The normalized spacial score (nSPS) is 24.3. The van der Waals surface area contributed by atoms with Gasteiger partial charge in [-0.15, -0.1) is 0 Å². The Morgan fingerprint density at radius 3 is 2.55 bits per heavy atom. The molecule has 1 saturated carbocycles. The largest absolute Gasteiger partial charge is 0.481 e. The third kappa shape index (κ3) is 3.11. The lowest BCUT2D eigenvalue weighted by atomic mass is 9.73. The van der Waals surface area contributed by atoms with Gasteiger partial charge in [0.1, 0.15) is 0 Å². The van der Waals surface area contributed by atoms with Gasteiger partial charge in [-0.1, -0.05) is 6.92 Å². The van der Waals surface area contributed by atoms with Crippen molar-refractivity contribution >= 4 is 5.97 Å². The summed E-state index contributed by atoms with van der Waals surface area (Å²) in [7, 11) is 1.75. The Bertz CT molecular complexity index is 527. The zero-order chi connectivity index (χ0) is 14.7. The van der Waals surface area contributed by atoms with Crippen molar-refractivity contribution in [3.8, 4) is 0 Å². The minimum Gasteiger partial charge on any atom is -0.481 e. The molecule has 1 N–H and O–H groups in total. The van der Waals surface area contributed by atoms with Gasteiger partial charge in [0, 0.05) is 19.3 Å². The van der Waals surface area contributed by atoms with Gasteiger partial charge in [-0.25, -0.2) is 0 Å². The van der Waals surface area contributed by atoms with E-state index in [9.17, 15) is 14.7 Å². The van der Waals surface area contributed by atoms with Crippen molar-refractivity contribution in [2.45, 2.75) is 44.9 Å². The minimum atomic E-state index is -0.662. The second-order valence-corrected chi connectivity index (χ2v) is 5.87. The van der Waals surface area contributed by atoms with Crippen LogP contribution in [-0.4, -0.2) is 15.6 Å². The highest BCUT2D eigenvalue weighted by Crippen LogP contribution is 2.39. The van der Waals surface area contributed by atoms with Gasteiger partial charge in [-0.05, 0) is 55.6 Å². The summed E-state index contributed by atoms with van der Waals surface area (Å²) in [6, 6.07) is 3.74. The van der Waals surface area contributed by atoms with E-state index in [1.165, 1.54) is 0 Å². The average Bonchev–Trinajstić information content (AvgIpc) is 2.43. The second kappa shape index (κ2) is 6.25. The Labute approximate surface area is 119 Å². The fourth-order valence-corrected chi connectivity index (χ4v) is 3.38. The van der Waals surface area contributed by atoms with E-state index >= 15 is 0 Å². The molecule has 1 aromatic heterocycles. The lowest BCUT2D eigenvalue weighted by molar-refractivity contribution is -0.144. The fraction of sp³-hybridized carbons (Fsp3) is 0.625. The first-order chi connectivity index (χ1) is 9.52. The summed E-state index contributed by atoms with van der Waals surface area (Å²) >= 11 is 0. The molecule has 1 fully saturated rings. The van der Waals surface area contributed by atoms with Crippen molar-refractivity contribution in [1.82, 2.24) is 4.57 Å². The number of nitrogens with zero attached hydrogens (tertiary/aromatic N) is 1. The van der Waals surface area contributed by atoms with Crippen LogP contribution in [0, 0.1) is 11.8 Å². The van der Waals surface area contributed by atoms with Crippen LogP contribution in [-0.2, 0) is 11.8 Å². The molecule has 0 aliphatic heterocycles. The first kappa shape index (κ1) is 14.8. The smallest absolute Gasteiger partial charge is 0.306 e. The fourth-order valence-electron chi connectivity index (χ4n) is 3.38. The van der Waals surface area contributed by atoms with Crippen LogP contribution in [0.3, 0.4) is 0 Å². The lowest BCUT2D eigenvalue weighted by Gasteiger charge is -2.31. The van der Waals surface area contributed by atoms with Crippen LogP contribution in [0.2, 0.25) is 0 Å². The molecular formula is C16H23NO3. The number of pyridine rings is 1. The van der Waals surface area contributed by atoms with Crippen LogP contribution in [0.1, 0.15) is 50.5 Å². The van der Waals surface area contributed by atoms with Gasteiger partial charge < -0.3 is 9.67 Å². The van der Waals surface area contributed by atoms with Gasteiger partial charge in [-0.2, -0.15) is 0 Å². The second-order valence-electron chi connectivity index (χ2n) is 5.87. The standard InChI is InChI=1S/C16H23NO3/c1-3-14(16(19)20)12-6-4-11(5-7-12)13-8-9-17(2)15(18)10-13/h8-12,14H,3-7H2,1-2H3,(H,19,20). The van der Waals surface area contributed by atoms with Gasteiger partial charge in [0.05, 0.1) is 5.92 Å².